The van der Waals surface area contributed by atoms with Crippen molar-refractivity contribution in [1.29, 1.82) is 0 Å². The zero-order valence-electron chi connectivity index (χ0n) is 17.7. The van der Waals surface area contributed by atoms with Crippen LogP contribution in [0.2, 0.25) is 0 Å². The number of thiophene rings is 1. The van der Waals surface area contributed by atoms with E-state index in [1.54, 1.807) is 11.3 Å². The first kappa shape index (κ1) is 20.6. The Labute approximate surface area is 189 Å². The number of aryl methyl sites for hydroxylation is 3. The minimum atomic E-state index is -0.230. The molecule has 1 aromatic carbocycles. The Bertz CT molecular complexity index is 1400. The summed E-state index contributed by atoms with van der Waals surface area (Å²) in [5.41, 5.74) is 2.85. The third kappa shape index (κ3) is 4.34. The monoisotopic (exact) mass is 444 g/mol. The van der Waals surface area contributed by atoms with Crippen LogP contribution in [0.1, 0.15) is 41.1 Å². The second kappa shape index (κ2) is 9.04. The fourth-order valence-corrected chi connectivity index (χ4v) is 5.50. The smallest absolute Gasteiger partial charge is 0.259 e. The van der Waals surface area contributed by atoms with Crippen molar-refractivity contribution in [3.8, 4) is 0 Å². The molecule has 0 saturated carbocycles. The SMILES string of the molecule is O=C(CCc1nc2sc3c(c2c(=O)[nH]1)CCCC3)N=c1ccccn1Cc1ccccc1. The van der Waals surface area contributed by atoms with Crippen molar-refractivity contribution < 1.29 is 4.79 Å². The van der Waals surface area contributed by atoms with Gasteiger partial charge in [-0.3, -0.25) is 9.59 Å². The molecule has 3 heterocycles. The minimum absolute atomic E-state index is 0.0856. The summed E-state index contributed by atoms with van der Waals surface area (Å²) in [6.45, 7) is 0.641. The minimum Gasteiger partial charge on any atom is -0.329 e. The van der Waals surface area contributed by atoms with Crippen molar-refractivity contribution in [3.63, 3.8) is 0 Å². The summed E-state index contributed by atoms with van der Waals surface area (Å²) in [6.07, 6.45) is 6.76. The maximum absolute atomic E-state index is 12.7. The highest BCUT2D eigenvalue weighted by Crippen LogP contribution is 2.33. The standard InChI is InChI=1S/C25H24N4O2S/c30-22(28-21-12-6-7-15-29(21)16-17-8-2-1-3-9-17)14-13-20-26-24(31)23-18-10-4-5-11-19(18)32-25(23)27-20/h1-3,6-9,12,15H,4-5,10-11,13-14,16H2,(H,26,27,31). The van der Waals surface area contributed by atoms with Crippen LogP contribution < -0.4 is 11.0 Å². The van der Waals surface area contributed by atoms with Gasteiger partial charge in [0.25, 0.3) is 5.56 Å². The van der Waals surface area contributed by atoms with Crippen LogP contribution in [0.3, 0.4) is 0 Å². The van der Waals surface area contributed by atoms with Crippen molar-refractivity contribution in [1.82, 2.24) is 14.5 Å². The molecule has 1 amide bonds. The number of nitrogens with zero attached hydrogens (tertiary/aromatic N) is 3. The molecule has 0 atom stereocenters. The van der Waals surface area contributed by atoms with E-state index < -0.39 is 0 Å². The second-order valence-corrected chi connectivity index (χ2v) is 9.17. The number of hydrogen-bond acceptors (Lipinski definition) is 4. The lowest BCUT2D eigenvalue weighted by Gasteiger charge is -2.09. The lowest BCUT2D eigenvalue weighted by atomic mass is 9.97. The van der Waals surface area contributed by atoms with Crippen LogP contribution in [-0.2, 0) is 30.6 Å². The first-order chi connectivity index (χ1) is 15.7. The van der Waals surface area contributed by atoms with Crippen LogP contribution in [0.25, 0.3) is 10.2 Å². The number of carbonyl (C=O) groups is 1. The van der Waals surface area contributed by atoms with Gasteiger partial charge in [0, 0.05) is 30.5 Å². The molecule has 1 aliphatic rings. The zero-order valence-corrected chi connectivity index (χ0v) is 18.5. The normalized spacial score (nSPS) is 13.9. The number of amides is 1. The summed E-state index contributed by atoms with van der Waals surface area (Å²) in [4.78, 5) is 39.2. The van der Waals surface area contributed by atoms with Gasteiger partial charge in [0.2, 0.25) is 5.91 Å². The lowest BCUT2D eigenvalue weighted by Crippen LogP contribution is -2.22. The zero-order chi connectivity index (χ0) is 21.9. The molecule has 4 aromatic rings. The van der Waals surface area contributed by atoms with E-state index in [9.17, 15) is 9.59 Å². The highest BCUT2D eigenvalue weighted by Gasteiger charge is 2.19. The van der Waals surface area contributed by atoms with Gasteiger partial charge in [-0.05, 0) is 48.9 Å². The van der Waals surface area contributed by atoms with Crippen molar-refractivity contribution >= 4 is 27.5 Å². The largest absolute Gasteiger partial charge is 0.329 e. The summed E-state index contributed by atoms with van der Waals surface area (Å²) >= 11 is 1.62. The maximum Gasteiger partial charge on any atom is 0.259 e. The van der Waals surface area contributed by atoms with E-state index in [1.165, 1.54) is 16.9 Å². The Hall–Kier alpha value is -3.32. The van der Waals surface area contributed by atoms with E-state index in [-0.39, 0.29) is 17.9 Å². The Morgan fingerprint density at radius 1 is 1.09 bits per heavy atom. The van der Waals surface area contributed by atoms with Gasteiger partial charge >= 0.3 is 0 Å². The van der Waals surface area contributed by atoms with E-state index in [4.69, 9.17) is 0 Å². The predicted molar refractivity (Wildman–Crippen MR) is 126 cm³/mol. The number of carbonyl (C=O) groups excluding carboxylic acids is 1. The van der Waals surface area contributed by atoms with Crippen LogP contribution >= 0.6 is 11.3 Å². The summed E-state index contributed by atoms with van der Waals surface area (Å²) < 4.78 is 1.95. The maximum atomic E-state index is 12.7. The van der Waals surface area contributed by atoms with E-state index in [2.05, 4.69) is 15.0 Å². The highest BCUT2D eigenvalue weighted by molar-refractivity contribution is 7.18. The molecule has 1 N–H and O–H groups in total. The van der Waals surface area contributed by atoms with E-state index in [1.807, 2.05) is 59.3 Å². The number of hydrogen-bond donors (Lipinski definition) is 1. The second-order valence-electron chi connectivity index (χ2n) is 8.08. The topological polar surface area (TPSA) is 80.1 Å². The average molecular weight is 445 g/mol. The summed E-state index contributed by atoms with van der Waals surface area (Å²) in [5, 5.41) is 0.746. The van der Waals surface area contributed by atoms with Crippen LogP contribution in [0.4, 0.5) is 0 Å². The fraction of sp³-hybridized carbons (Fsp3) is 0.280. The van der Waals surface area contributed by atoms with Crippen LogP contribution in [0, 0.1) is 0 Å². The molecule has 0 unspecified atom stereocenters. The molecule has 3 aromatic heterocycles. The van der Waals surface area contributed by atoms with Crippen LogP contribution in [0.15, 0.2) is 64.5 Å². The molecular weight excluding hydrogens is 420 g/mol. The van der Waals surface area contributed by atoms with Gasteiger partial charge in [-0.2, -0.15) is 4.99 Å². The Kier molecular flexibility index (Phi) is 5.81. The van der Waals surface area contributed by atoms with Gasteiger partial charge < -0.3 is 9.55 Å². The van der Waals surface area contributed by atoms with Crippen molar-refractivity contribution in [2.45, 2.75) is 45.1 Å². The van der Waals surface area contributed by atoms with Gasteiger partial charge in [0.05, 0.1) is 5.39 Å². The number of rotatable bonds is 5. The van der Waals surface area contributed by atoms with Crippen molar-refractivity contribution in [2.24, 2.45) is 4.99 Å². The molecule has 6 nitrogen and oxygen atoms in total. The number of pyridine rings is 1. The first-order valence-corrected chi connectivity index (χ1v) is 11.8. The van der Waals surface area contributed by atoms with E-state index in [0.29, 0.717) is 24.3 Å². The quantitative estimate of drug-likeness (QED) is 0.509. The molecule has 5 rings (SSSR count). The summed E-state index contributed by atoms with van der Waals surface area (Å²) in [7, 11) is 0. The molecule has 0 bridgehead atoms. The van der Waals surface area contributed by atoms with Gasteiger partial charge in [0.15, 0.2) is 0 Å². The number of aromatic nitrogens is 3. The summed E-state index contributed by atoms with van der Waals surface area (Å²) in [6, 6.07) is 15.7. The predicted octanol–water partition coefficient (Wildman–Crippen LogP) is 3.77. The third-order valence-corrected chi connectivity index (χ3v) is 6.99. The van der Waals surface area contributed by atoms with Gasteiger partial charge in [0.1, 0.15) is 16.1 Å². The Morgan fingerprint density at radius 2 is 1.91 bits per heavy atom. The molecule has 1 aliphatic carbocycles. The van der Waals surface area contributed by atoms with Crippen molar-refractivity contribution in [2.75, 3.05) is 0 Å². The first-order valence-electron chi connectivity index (χ1n) is 11.0. The van der Waals surface area contributed by atoms with Crippen LogP contribution in [0.5, 0.6) is 0 Å². The number of benzene rings is 1. The number of fused-ring (bicyclic) bond motifs is 3. The molecular formula is C25H24N4O2S. The van der Waals surface area contributed by atoms with Gasteiger partial charge in [-0.15, -0.1) is 11.3 Å². The molecule has 0 spiro atoms. The Balaban J connectivity index is 1.34. The van der Waals surface area contributed by atoms with Crippen molar-refractivity contribution in [3.05, 3.63) is 92.4 Å². The molecule has 0 radical (unpaired) electrons. The number of aromatic amines is 1. The number of nitrogens with one attached hydrogen (secondary N) is 1. The molecule has 0 fully saturated rings. The lowest BCUT2D eigenvalue weighted by molar-refractivity contribution is -0.118. The molecule has 32 heavy (non-hydrogen) atoms. The van der Waals surface area contributed by atoms with Gasteiger partial charge in [-0.1, -0.05) is 36.4 Å². The molecule has 162 valence electrons. The average Bonchev–Trinajstić information content (AvgIpc) is 3.19. The van der Waals surface area contributed by atoms with Gasteiger partial charge in [-0.25, -0.2) is 4.98 Å². The third-order valence-electron chi connectivity index (χ3n) is 5.80. The molecule has 0 aliphatic heterocycles. The molecule has 7 heteroatoms. The molecule has 0 saturated heterocycles. The van der Waals surface area contributed by atoms with E-state index >= 15 is 0 Å². The fourth-order valence-electron chi connectivity index (χ4n) is 4.22. The Morgan fingerprint density at radius 3 is 2.78 bits per heavy atom. The van der Waals surface area contributed by atoms with Crippen LogP contribution in [-0.4, -0.2) is 20.4 Å². The summed E-state index contributed by atoms with van der Waals surface area (Å²) in [5.74, 6) is 0.320. The highest BCUT2D eigenvalue weighted by atomic mass is 32.1. The van der Waals surface area contributed by atoms with E-state index in [0.717, 1.165) is 35.0 Å². The number of H-pyrrole nitrogens is 1.